The van der Waals surface area contributed by atoms with Gasteiger partial charge in [-0.3, -0.25) is 4.79 Å². The Morgan fingerprint density at radius 1 is 0.973 bits per heavy atom. The standard InChI is InChI=1S/C29H31N3O5/c1-35-29(34)22-6-2-19(3-7-22)20-8-10-24(11-9-20)36-14-15-37-25-16-26-23(17-31-27(26)32-18-25)12-13-30-28(33)21-4-5-21/h2-3,6-11,16,18,21,23H,4-5,12-15,17H2,1H3,(H,30,33)(H,31,32). The average molecular weight is 502 g/mol. The predicted molar refractivity (Wildman–Crippen MR) is 140 cm³/mol. The van der Waals surface area contributed by atoms with E-state index in [1.54, 1.807) is 18.3 Å². The molecule has 2 N–H and O–H groups in total. The largest absolute Gasteiger partial charge is 0.490 e. The van der Waals surface area contributed by atoms with E-state index >= 15 is 0 Å². The summed E-state index contributed by atoms with van der Waals surface area (Å²) in [6, 6.07) is 17.1. The first kappa shape index (κ1) is 24.6. The zero-order chi connectivity index (χ0) is 25.6. The molecular formula is C29H31N3O5. The Morgan fingerprint density at radius 2 is 1.65 bits per heavy atom. The van der Waals surface area contributed by atoms with Gasteiger partial charge in [0.1, 0.15) is 30.5 Å². The van der Waals surface area contributed by atoms with E-state index in [1.165, 1.54) is 7.11 Å². The molecule has 192 valence electrons. The molecule has 2 heterocycles. The number of ether oxygens (including phenoxy) is 3. The minimum atomic E-state index is -0.348. The number of aromatic nitrogens is 1. The van der Waals surface area contributed by atoms with E-state index in [-0.39, 0.29) is 17.8 Å². The van der Waals surface area contributed by atoms with Crippen LogP contribution in [0.2, 0.25) is 0 Å². The molecule has 2 aliphatic rings. The molecule has 8 heteroatoms. The number of pyridine rings is 1. The van der Waals surface area contributed by atoms with Gasteiger partial charge in [0.15, 0.2) is 0 Å². The summed E-state index contributed by atoms with van der Waals surface area (Å²) < 4.78 is 16.5. The highest BCUT2D eigenvalue weighted by atomic mass is 16.5. The normalized spacial score (nSPS) is 15.9. The number of hydrogen-bond acceptors (Lipinski definition) is 7. The number of amides is 1. The third kappa shape index (κ3) is 6.20. The van der Waals surface area contributed by atoms with Gasteiger partial charge in [-0.05, 0) is 60.7 Å². The van der Waals surface area contributed by atoms with Gasteiger partial charge >= 0.3 is 5.97 Å². The topological polar surface area (TPSA) is 98.8 Å². The van der Waals surface area contributed by atoms with Gasteiger partial charge in [-0.1, -0.05) is 24.3 Å². The number of benzene rings is 2. The van der Waals surface area contributed by atoms with Crippen molar-refractivity contribution < 1.29 is 23.8 Å². The third-order valence-corrected chi connectivity index (χ3v) is 6.70. The number of nitrogens with zero attached hydrogens (tertiary/aromatic N) is 1. The molecule has 1 aromatic heterocycles. The number of esters is 1. The number of fused-ring (bicyclic) bond motifs is 1. The second-order valence-electron chi connectivity index (χ2n) is 9.33. The summed E-state index contributed by atoms with van der Waals surface area (Å²) in [5, 5.41) is 6.39. The van der Waals surface area contributed by atoms with E-state index < -0.39 is 0 Å². The third-order valence-electron chi connectivity index (χ3n) is 6.70. The Hall–Kier alpha value is -4.07. The number of methoxy groups -OCH3 is 1. The lowest BCUT2D eigenvalue weighted by atomic mass is 9.99. The van der Waals surface area contributed by atoms with Crippen molar-refractivity contribution in [2.45, 2.75) is 25.2 Å². The number of rotatable bonds is 11. The van der Waals surface area contributed by atoms with E-state index in [0.717, 1.165) is 54.1 Å². The zero-order valence-electron chi connectivity index (χ0n) is 20.9. The Bertz CT molecular complexity index is 1240. The first-order chi connectivity index (χ1) is 18.1. The van der Waals surface area contributed by atoms with Gasteiger partial charge in [0.05, 0.1) is 18.9 Å². The molecule has 1 aliphatic heterocycles. The lowest BCUT2D eigenvalue weighted by Gasteiger charge is -2.13. The first-order valence-corrected chi connectivity index (χ1v) is 12.7. The minimum absolute atomic E-state index is 0.185. The van der Waals surface area contributed by atoms with Crippen molar-refractivity contribution in [2.75, 3.05) is 38.7 Å². The lowest BCUT2D eigenvalue weighted by molar-refractivity contribution is -0.122. The smallest absolute Gasteiger partial charge is 0.337 e. The highest BCUT2D eigenvalue weighted by Gasteiger charge is 2.30. The van der Waals surface area contributed by atoms with Gasteiger partial charge in [0.2, 0.25) is 5.91 Å². The van der Waals surface area contributed by atoms with Gasteiger partial charge < -0.3 is 24.8 Å². The SMILES string of the molecule is COC(=O)c1ccc(-c2ccc(OCCOc3cnc4c(c3)C(CCNC(=O)C3CC3)CN4)cc2)cc1. The van der Waals surface area contributed by atoms with Crippen LogP contribution in [-0.2, 0) is 9.53 Å². The molecule has 1 aliphatic carbocycles. The Labute approximate surface area is 216 Å². The van der Waals surface area contributed by atoms with Gasteiger partial charge in [0, 0.05) is 30.5 Å². The average Bonchev–Trinajstić information content (AvgIpc) is 3.72. The fourth-order valence-corrected chi connectivity index (χ4v) is 4.43. The van der Waals surface area contributed by atoms with Crippen LogP contribution in [0.25, 0.3) is 11.1 Å². The van der Waals surface area contributed by atoms with Crippen LogP contribution in [0, 0.1) is 5.92 Å². The molecule has 37 heavy (non-hydrogen) atoms. The van der Waals surface area contributed by atoms with Crippen LogP contribution < -0.4 is 20.1 Å². The van der Waals surface area contributed by atoms with Gasteiger partial charge in [-0.25, -0.2) is 9.78 Å². The lowest BCUT2D eigenvalue weighted by Crippen LogP contribution is -2.27. The van der Waals surface area contributed by atoms with Crippen molar-refractivity contribution in [2.24, 2.45) is 5.92 Å². The van der Waals surface area contributed by atoms with E-state index in [1.807, 2.05) is 42.5 Å². The zero-order valence-corrected chi connectivity index (χ0v) is 20.9. The van der Waals surface area contributed by atoms with Crippen molar-refractivity contribution in [1.82, 2.24) is 10.3 Å². The molecule has 0 bridgehead atoms. The van der Waals surface area contributed by atoms with Crippen LogP contribution in [0.15, 0.2) is 60.8 Å². The summed E-state index contributed by atoms with van der Waals surface area (Å²) in [7, 11) is 1.37. The number of carbonyl (C=O) groups is 2. The maximum atomic E-state index is 11.9. The molecule has 8 nitrogen and oxygen atoms in total. The number of anilines is 1. The summed E-state index contributed by atoms with van der Waals surface area (Å²) >= 11 is 0. The maximum absolute atomic E-state index is 11.9. The molecule has 1 amide bonds. The first-order valence-electron chi connectivity index (χ1n) is 12.7. The van der Waals surface area contributed by atoms with Crippen LogP contribution in [0.1, 0.15) is 41.1 Å². The van der Waals surface area contributed by atoms with E-state index in [9.17, 15) is 9.59 Å². The van der Waals surface area contributed by atoms with Crippen molar-refractivity contribution in [3.05, 3.63) is 71.9 Å². The molecular weight excluding hydrogens is 470 g/mol. The Morgan fingerprint density at radius 3 is 2.32 bits per heavy atom. The van der Waals surface area contributed by atoms with Gasteiger partial charge in [0.25, 0.3) is 0 Å². The highest BCUT2D eigenvalue weighted by Crippen LogP contribution is 2.34. The molecule has 0 radical (unpaired) electrons. The molecule has 1 unspecified atom stereocenters. The Kier molecular flexibility index (Phi) is 7.54. The fourth-order valence-electron chi connectivity index (χ4n) is 4.43. The van der Waals surface area contributed by atoms with Crippen LogP contribution in [0.4, 0.5) is 5.82 Å². The van der Waals surface area contributed by atoms with Crippen LogP contribution >= 0.6 is 0 Å². The second-order valence-corrected chi connectivity index (χ2v) is 9.33. The monoisotopic (exact) mass is 501 g/mol. The van der Waals surface area contributed by atoms with Crippen LogP contribution in [-0.4, -0.2) is 50.3 Å². The fraction of sp³-hybridized carbons (Fsp3) is 0.345. The van der Waals surface area contributed by atoms with Crippen molar-refractivity contribution >= 4 is 17.7 Å². The van der Waals surface area contributed by atoms with Crippen molar-refractivity contribution in [3.63, 3.8) is 0 Å². The van der Waals surface area contributed by atoms with Crippen molar-refractivity contribution in [3.8, 4) is 22.6 Å². The summed E-state index contributed by atoms with van der Waals surface area (Å²) in [6.45, 7) is 2.29. The highest BCUT2D eigenvalue weighted by molar-refractivity contribution is 5.90. The molecule has 1 atom stereocenters. The molecule has 0 saturated heterocycles. The molecule has 1 saturated carbocycles. The van der Waals surface area contributed by atoms with E-state index in [0.29, 0.717) is 37.0 Å². The van der Waals surface area contributed by atoms with Crippen LogP contribution in [0.3, 0.4) is 0 Å². The maximum Gasteiger partial charge on any atom is 0.337 e. The Balaban J connectivity index is 1.07. The number of hydrogen-bond donors (Lipinski definition) is 2. The number of nitrogens with one attached hydrogen (secondary N) is 2. The quantitative estimate of drug-likeness (QED) is 0.296. The van der Waals surface area contributed by atoms with Crippen molar-refractivity contribution in [1.29, 1.82) is 0 Å². The second kappa shape index (κ2) is 11.3. The van der Waals surface area contributed by atoms with E-state index in [2.05, 4.69) is 15.6 Å². The summed E-state index contributed by atoms with van der Waals surface area (Å²) in [5.41, 5.74) is 3.69. The molecule has 0 spiro atoms. The molecule has 1 fully saturated rings. The summed E-state index contributed by atoms with van der Waals surface area (Å²) in [4.78, 5) is 28.0. The molecule has 3 aromatic rings. The molecule has 2 aromatic carbocycles. The minimum Gasteiger partial charge on any atom is -0.490 e. The summed E-state index contributed by atoms with van der Waals surface area (Å²) in [5.74, 6) is 2.73. The van der Waals surface area contributed by atoms with Crippen LogP contribution in [0.5, 0.6) is 11.5 Å². The van der Waals surface area contributed by atoms with Gasteiger partial charge in [-0.2, -0.15) is 0 Å². The van der Waals surface area contributed by atoms with Gasteiger partial charge in [-0.15, -0.1) is 0 Å². The molecule has 5 rings (SSSR count). The number of carbonyl (C=O) groups excluding carboxylic acids is 2. The predicted octanol–water partition coefficient (Wildman–Crippen LogP) is 4.42. The summed E-state index contributed by atoms with van der Waals surface area (Å²) in [6.07, 6.45) is 4.64. The van der Waals surface area contributed by atoms with E-state index in [4.69, 9.17) is 14.2 Å².